The highest BCUT2D eigenvalue weighted by Crippen LogP contribution is 2.27. The quantitative estimate of drug-likeness (QED) is 0.862. The molecule has 0 radical (unpaired) electrons. The third-order valence-electron chi connectivity index (χ3n) is 3.89. The van der Waals surface area contributed by atoms with Gasteiger partial charge < -0.3 is 5.32 Å². The van der Waals surface area contributed by atoms with Crippen molar-refractivity contribution in [3.8, 4) is 0 Å². The lowest BCUT2D eigenvalue weighted by atomic mass is 9.83. The van der Waals surface area contributed by atoms with Crippen molar-refractivity contribution in [3.05, 3.63) is 34.1 Å². The molecule has 18 heavy (non-hydrogen) atoms. The Hall–Kier alpha value is -0.410. The SMILES string of the molecule is CC1CCC(CNCc2cc(F)ccc2Br)CC1. The molecule has 1 aromatic carbocycles. The Labute approximate surface area is 117 Å². The van der Waals surface area contributed by atoms with Gasteiger partial charge >= 0.3 is 0 Å². The molecule has 0 saturated heterocycles. The van der Waals surface area contributed by atoms with Crippen molar-refractivity contribution in [3.63, 3.8) is 0 Å². The summed E-state index contributed by atoms with van der Waals surface area (Å²) in [7, 11) is 0. The summed E-state index contributed by atoms with van der Waals surface area (Å²) in [6.07, 6.45) is 5.38. The first-order valence-electron chi connectivity index (χ1n) is 6.80. The van der Waals surface area contributed by atoms with Crippen LogP contribution in [0.25, 0.3) is 0 Å². The van der Waals surface area contributed by atoms with Gasteiger partial charge in [0, 0.05) is 11.0 Å². The van der Waals surface area contributed by atoms with E-state index in [1.165, 1.54) is 31.7 Å². The lowest BCUT2D eigenvalue weighted by Crippen LogP contribution is -2.25. The van der Waals surface area contributed by atoms with Crippen LogP contribution in [0, 0.1) is 17.7 Å². The zero-order valence-electron chi connectivity index (χ0n) is 10.9. The molecule has 1 aromatic rings. The molecule has 0 atom stereocenters. The Morgan fingerprint density at radius 3 is 2.72 bits per heavy atom. The zero-order chi connectivity index (χ0) is 13.0. The lowest BCUT2D eigenvalue weighted by Gasteiger charge is -2.26. The maximum absolute atomic E-state index is 13.1. The first-order valence-corrected chi connectivity index (χ1v) is 7.59. The minimum absolute atomic E-state index is 0.165. The number of rotatable bonds is 4. The van der Waals surface area contributed by atoms with Gasteiger partial charge in [0.1, 0.15) is 5.82 Å². The summed E-state index contributed by atoms with van der Waals surface area (Å²) in [4.78, 5) is 0. The second kappa shape index (κ2) is 6.67. The Morgan fingerprint density at radius 2 is 2.00 bits per heavy atom. The maximum atomic E-state index is 13.1. The number of nitrogens with one attached hydrogen (secondary N) is 1. The molecule has 0 amide bonds. The Balaban J connectivity index is 1.76. The van der Waals surface area contributed by atoms with Gasteiger partial charge in [-0.25, -0.2) is 4.39 Å². The van der Waals surface area contributed by atoms with Crippen molar-refractivity contribution >= 4 is 15.9 Å². The van der Waals surface area contributed by atoms with Gasteiger partial charge in [-0.2, -0.15) is 0 Å². The van der Waals surface area contributed by atoms with Gasteiger partial charge in [-0.1, -0.05) is 35.7 Å². The Kier molecular flexibility index (Phi) is 5.19. The number of halogens is 2. The normalized spacial score (nSPS) is 24.2. The monoisotopic (exact) mass is 313 g/mol. The average molecular weight is 314 g/mol. The van der Waals surface area contributed by atoms with Crippen LogP contribution < -0.4 is 5.32 Å². The van der Waals surface area contributed by atoms with E-state index in [9.17, 15) is 4.39 Å². The van der Waals surface area contributed by atoms with E-state index in [-0.39, 0.29) is 5.82 Å². The fraction of sp³-hybridized carbons (Fsp3) is 0.600. The lowest BCUT2D eigenvalue weighted by molar-refractivity contribution is 0.281. The first-order chi connectivity index (χ1) is 8.65. The zero-order valence-corrected chi connectivity index (χ0v) is 12.5. The predicted molar refractivity (Wildman–Crippen MR) is 76.9 cm³/mol. The summed E-state index contributed by atoms with van der Waals surface area (Å²) >= 11 is 3.46. The fourth-order valence-corrected chi connectivity index (χ4v) is 3.01. The van der Waals surface area contributed by atoms with Crippen molar-refractivity contribution in [2.45, 2.75) is 39.2 Å². The minimum atomic E-state index is -0.165. The second-order valence-electron chi connectivity index (χ2n) is 5.49. The predicted octanol–water partition coefficient (Wildman–Crippen LogP) is 4.50. The van der Waals surface area contributed by atoms with E-state index in [1.54, 1.807) is 12.1 Å². The summed E-state index contributed by atoms with van der Waals surface area (Å²) < 4.78 is 14.1. The molecule has 2 rings (SSSR count). The Morgan fingerprint density at radius 1 is 1.28 bits per heavy atom. The molecule has 3 heteroatoms. The third-order valence-corrected chi connectivity index (χ3v) is 4.67. The third kappa shape index (κ3) is 4.06. The van der Waals surface area contributed by atoms with E-state index in [4.69, 9.17) is 0 Å². The largest absolute Gasteiger partial charge is 0.312 e. The van der Waals surface area contributed by atoms with E-state index < -0.39 is 0 Å². The molecule has 0 bridgehead atoms. The van der Waals surface area contributed by atoms with Crippen LogP contribution in [-0.4, -0.2) is 6.54 Å². The number of hydrogen-bond donors (Lipinski definition) is 1. The molecule has 0 aliphatic heterocycles. The molecule has 100 valence electrons. The standard InChI is InChI=1S/C15H21BrFN/c1-11-2-4-12(5-3-11)9-18-10-13-8-14(17)6-7-15(13)16/h6-8,11-12,18H,2-5,9-10H2,1H3. The molecule has 1 N–H and O–H groups in total. The molecule has 0 heterocycles. The van der Waals surface area contributed by atoms with E-state index in [2.05, 4.69) is 28.2 Å². The average Bonchev–Trinajstić information content (AvgIpc) is 2.36. The maximum Gasteiger partial charge on any atom is 0.123 e. The van der Waals surface area contributed by atoms with E-state index >= 15 is 0 Å². The molecule has 1 fully saturated rings. The molecule has 0 unspecified atom stereocenters. The minimum Gasteiger partial charge on any atom is -0.312 e. The van der Waals surface area contributed by atoms with Crippen LogP contribution >= 0.6 is 15.9 Å². The molecule has 1 nitrogen and oxygen atoms in total. The second-order valence-corrected chi connectivity index (χ2v) is 6.35. The molecular weight excluding hydrogens is 293 g/mol. The van der Waals surface area contributed by atoms with Gasteiger partial charge in [0.2, 0.25) is 0 Å². The summed E-state index contributed by atoms with van der Waals surface area (Å²) in [6, 6.07) is 4.85. The Bertz CT molecular complexity index is 386. The fourth-order valence-electron chi connectivity index (χ4n) is 2.62. The smallest absolute Gasteiger partial charge is 0.123 e. The topological polar surface area (TPSA) is 12.0 Å². The molecule has 1 aliphatic rings. The highest BCUT2D eigenvalue weighted by molar-refractivity contribution is 9.10. The summed E-state index contributed by atoms with van der Waals surface area (Å²) in [5, 5.41) is 3.46. The van der Waals surface area contributed by atoms with Crippen LogP contribution in [0.4, 0.5) is 4.39 Å². The number of hydrogen-bond acceptors (Lipinski definition) is 1. The van der Waals surface area contributed by atoms with Crippen molar-refractivity contribution in [2.24, 2.45) is 11.8 Å². The first kappa shape index (κ1) is 14.0. The highest BCUT2D eigenvalue weighted by Gasteiger charge is 2.17. The van der Waals surface area contributed by atoms with Crippen LogP contribution in [0.1, 0.15) is 38.2 Å². The van der Waals surface area contributed by atoms with E-state index in [0.29, 0.717) is 0 Å². The van der Waals surface area contributed by atoms with E-state index in [0.717, 1.165) is 35.0 Å². The van der Waals surface area contributed by atoms with Gasteiger partial charge in [0.15, 0.2) is 0 Å². The number of benzene rings is 1. The van der Waals surface area contributed by atoms with Gasteiger partial charge in [0.25, 0.3) is 0 Å². The summed E-state index contributed by atoms with van der Waals surface area (Å²) in [6.45, 7) is 4.13. The van der Waals surface area contributed by atoms with Crippen molar-refractivity contribution in [1.29, 1.82) is 0 Å². The van der Waals surface area contributed by atoms with Crippen molar-refractivity contribution in [1.82, 2.24) is 5.32 Å². The molecule has 1 aliphatic carbocycles. The van der Waals surface area contributed by atoms with Crippen LogP contribution in [0.3, 0.4) is 0 Å². The van der Waals surface area contributed by atoms with Gasteiger partial charge in [-0.05, 0) is 55.0 Å². The van der Waals surface area contributed by atoms with Crippen molar-refractivity contribution in [2.75, 3.05) is 6.54 Å². The van der Waals surface area contributed by atoms with Gasteiger partial charge in [-0.15, -0.1) is 0 Å². The molecular formula is C15H21BrFN. The molecule has 1 saturated carbocycles. The molecule has 0 spiro atoms. The van der Waals surface area contributed by atoms with Crippen LogP contribution in [0.2, 0.25) is 0 Å². The van der Waals surface area contributed by atoms with Crippen LogP contribution in [0.15, 0.2) is 22.7 Å². The summed E-state index contributed by atoms with van der Waals surface area (Å²) in [5.41, 5.74) is 0.999. The van der Waals surface area contributed by atoms with Crippen LogP contribution in [0.5, 0.6) is 0 Å². The van der Waals surface area contributed by atoms with Crippen molar-refractivity contribution < 1.29 is 4.39 Å². The van der Waals surface area contributed by atoms with Gasteiger partial charge in [-0.3, -0.25) is 0 Å². The van der Waals surface area contributed by atoms with E-state index in [1.807, 2.05) is 0 Å². The summed E-state index contributed by atoms with van der Waals surface area (Å²) in [5.74, 6) is 1.54. The molecule has 0 aromatic heterocycles. The van der Waals surface area contributed by atoms with Gasteiger partial charge in [0.05, 0.1) is 0 Å². The van der Waals surface area contributed by atoms with Crippen LogP contribution in [-0.2, 0) is 6.54 Å². The highest BCUT2D eigenvalue weighted by atomic mass is 79.9.